The van der Waals surface area contributed by atoms with Crippen molar-refractivity contribution in [2.75, 3.05) is 31.8 Å². The third-order valence-corrected chi connectivity index (χ3v) is 10.1. The predicted molar refractivity (Wildman–Crippen MR) is 270 cm³/mol. The van der Waals surface area contributed by atoms with Crippen molar-refractivity contribution >= 4 is 29.6 Å². The van der Waals surface area contributed by atoms with E-state index in [0.29, 0.717) is 29.2 Å². The van der Waals surface area contributed by atoms with Gasteiger partial charge < -0.3 is 24.6 Å². The maximum absolute atomic E-state index is 15.1. The number of anilines is 1. The highest BCUT2D eigenvalue weighted by Gasteiger charge is 2.47. The van der Waals surface area contributed by atoms with E-state index in [1.54, 1.807) is 55.6 Å². The van der Waals surface area contributed by atoms with Gasteiger partial charge in [-0.15, -0.1) is 0 Å². The zero-order valence-corrected chi connectivity index (χ0v) is 40.4. The maximum atomic E-state index is 15.1. The Morgan fingerprint density at radius 1 is 0.691 bits per heavy atom. The van der Waals surface area contributed by atoms with E-state index in [-0.39, 0.29) is 18.8 Å². The quantitative estimate of drug-likeness (QED) is 0.0962. The number of carboxylic acids is 1. The molecule has 7 rings (SSSR count). The lowest BCUT2D eigenvalue weighted by Crippen LogP contribution is -2.59. The molecule has 11 nitrogen and oxygen atoms in total. The van der Waals surface area contributed by atoms with E-state index >= 15 is 4.79 Å². The standard InChI is InChI=1S/C41H41N3O8.2C6H6.2C2H6/c1-5-51-35-23-17-32(18-24-35)37(43-25-26-52-40(48)36(43)27(2)39(46)47)38(45)44(41(49)42-28(3)31-9-7-6-8-10-31)33-19-13-29(14-20-33)11-12-30-15-21-34(50-4)22-16-30;2*1-2-4-6-5-3-1;2*1-2/h6-10,13-24,27-28,36-37H,5,25-26H2,1-4H3,(H,42,49)(H,46,47);2*1-6H;2*1-2H3/t27-,28?,36?,37+;;;;/m1..../s1. The number of cyclic esters (lactones) is 1. The smallest absolute Gasteiger partial charge is 0.329 e. The lowest BCUT2D eigenvalue weighted by atomic mass is 9.94. The summed E-state index contributed by atoms with van der Waals surface area (Å²) in [6, 6.07) is 50.3. The molecular formula is C57H65N3O8. The molecule has 1 saturated heterocycles. The van der Waals surface area contributed by atoms with E-state index in [1.807, 2.05) is 169 Å². The molecule has 6 aromatic carbocycles. The van der Waals surface area contributed by atoms with Gasteiger partial charge >= 0.3 is 18.0 Å². The van der Waals surface area contributed by atoms with Crippen LogP contribution in [0.4, 0.5) is 10.5 Å². The van der Waals surface area contributed by atoms with Crippen LogP contribution in [0.2, 0.25) is 0 Å². The number of esters is 1. The fourth-order valence-electron chi connectivity index (χ4n) is 6.74. The molecule has 2 unspecified atom stereocenters. The zero-order valence-electron chi connectivity index (χ0n) is 40.4. The molecule has 68 heavy (non-hydrogen) atoms. The molecule has 2 N–H and O–H groups in total. The summed E-state index contributed by atoms with van der Waals surface area (Å²) in [6.07, 6.45) is 0. The molecule has 0 saturated carbocycles. The highest BCUT2D eigenvalue weighted by molar-refractivity contribution is 6.16. The Kier molecular flexibility index (Phi) is 24.5. The Morgan fingerprint density at radius 2 is 1.15 bits per heavy atom. The van der Waals surface area contributed by atoms with Crippen LogP contribution in [-0.4, -0.2) is 66.8 Å². The first-order valence-electron chi connectivity index (χ1n) is 22.9. The van der Waals surface area contributed by atoms with Crippen molar-refractivity contribution in [2.45, 2.75) is 66.6 Å². The monoisotopic (exact) mass is 919 g/mol. The summed E-state index contributed by atoms with van der Waals surface area (Å²) in [5, 5.41) is 12.9. The Morgan fingerprint density at radius 3 is 1.60 bits per heavy atom. The predicted octanol–water partition coefficient (Wildman–Crippen LogP) is 11.4. The number of nitrogens with one attached hydrogen (secondary N) is 1. The molecule has 0 aromatic heterocycles. The number of benzene rings is 6. The Bertz CT molecular complexity index is 2340. The number of urea groups is 1. The van der Waals surface area contributed by atoms with E-state index in [4.69, 9.17) is 14.2 Å². The minimum Gasteiger partial charge on any atom is -0.497 e. The van der Waals surface area contributed by atoms with Gasteiger partial charge in [-0.3, -0.25) is 19.3 Å². The average molecular weight is 920 g/mol. The van der Waals surface area contributed by atoms with E-state index in [2.05, 4.69) is 17.2 Å². The number of hydrogen-bond acceptors (Lipinski definition) is 8. The SMILES string of the molecule is CC.CC.CCOc1ccc([C@@H](C(=O)N(C(=O)NC(C)c2ccccc2)c2ccc(C#Cc3ccc(OC)cc3)cc2)N2CCOC(=O)C2[C@@H](C)C(=O)O)cc1.c1ccccc1.c1ccccc1. The Balaban J connectivity index is 0.000000652. The van der Waals surface area contributed by atoms with Gasteiger partial charge in [0, 0.05) is 17.7 Å². The zero-order chi connectivity index (χ0) is 49.7. The Hall–Kier alpha value is -7.68. The third kappa shape index (κ3) is 17.0. The topological polar surface area (TPSA) is 135 Å². The minimum absolute atomic E-state index is 0.0490. The molecule has 0 aliphatic carbocycles. The van der Waals surface area contributed by atoms with Crippen molar-refractivity contribution in [3.63, 3.8) is 0 Å². The molecule has 356 valence electrons. The summed E-state index contributed by atoms with van der Waals surface area (Å²) in [5.74, 6) is 3.56. The van der Waals surface area contributed by atoms with Crippen molar-refractivity contribution in [2.24, 2.45) is 5.92 Å². The molecule has 0 bridgehead atoms. The molecule has 3 amide bonds. The van der Waals surface area contributed by atoms with E-state index in [0.717, 1.165) is 16.0 Å². The number of carbonyl (C=O) groups excluding carboxylic acids is 3. The first-order valence-corrected chi connectivity index (χ1v) is 22.9. The van der Waals surface area contributed by atoms with Crippen LogP contribution in [0.3, 0.4) is 0 Å². The molecule has 1 aliphatic rings. The number of imide groups is 1. The number of methoxy groups -OCH3 is 1. The lowest BCUT2D eigenvalue weighted by Gasteiger charge is -2.41. The van der Waals surface area contributed by atoms with E-state index in [1.165, 1.54) is 11.8 Å². The highest BCUT2D eigenvalue weighted by Crippen LogP contribution is 2.34. The summed E-state index contributed by atoms with van der Waals surface area (Å²) in [6.45, 7) is 13.5. The maximum Gasteiger partial charge on any atom is 0.329 e. The molecule has 0 radical (unpaired) electrons. The minimum atomic E-state index is -1.31. The first-order chi connectivity index (χ1) is 33.1. The number of hydrogen-bond donors (Lipinski definition) is 2. The Labute approximate surface area is 402 Å². The summed E-state index contributed by atoms with van der Waals surface area (Å²) in [5.41, 5.74) is 2.92. The number of carboxylic acid groups (broad SMARTS) is 1. The van der Waals surface area contributed by atoms with Crippen LogP contribution >= 0.6 is 0 Å². The van der Waals surface area contributed by atoms with Crippen LogP contribution in [0.5, 0.6) is 11.5 Å². The number of amides is 3. The van der Waals surface area contributed by atoms with Crippen molar-refractivity contribution in [3.05, 3.63) is 198 Å². The van der Waals surface area contributed by atoms with Crippen molar-refractivity contribution in [1.82, 2.24) is 10.2 Å². The van der Waals surface area contributed by atoms with Gasteiger partial charge in [0.15, 0.2) is 0 Å². The van der Waals surface area contributed by atoms with Crippen molar-refractivity contribution in [1.29, 1.82) is 0 Å². The largest absolute Gasteiger partial charge is 0.497 e. The van der Waals surface area contributed by atoms with Gasteiger partial charge in [0.25, 0.3) is 5.91 Å². The van der Waals surface area contributed by atoms with Crippen molar-refractivity contribution in [3.8, 4) is 23.3 Å². The van der Waals surface area contributed by atoms with Crippen LogP contribution in [-0.2, 0) is 19.1 Å². The van der Waals surface area contributed by atoms with Crippen LogP contribution < -0.4 is 19.7 Å². The molecular weight excluding hydrogens is 855 g/mol. The molecule has 6 aromatic rings. The van der Waals surface area contributed by atoms with Crippen molar-refractivity contribution < 1.29 is 38.5 Å². The molecule has 1 fully saturated rings. The fraction of sp³-hybridized carbons (Fsp3) is 0.263. The molecule has 1 aliphatic heterocycles. The highest BCUT2D eigenvalue weighted by atomic mass is 16.5. The summed E-state index contributed by atoms with van der Waals surface area (Å²) >= 11 is 0. The number of morpholine rings is 1. The number of nitrogens with zero attached hydrogens (tertiary/aromatic N) is 2. The van der Waals surface area contributed by atoms with Crippen LogP contribution in [0.25, 0.3) is 0 Å². The number of carbonyl (C=O) groups is 4. The van der Waals surface area contributed by atoms with Gasteiger partial charge in [-0.05, 0) is 92.6 Å². The second kappa shape index (κ2) is 30.5. The first kappa shape index (κ1) is 54.7. The summed E-state index contributed by atoms with van der Waals surface area (Å²) in [7, 11) is 1.59. The third-order valence-electron chi connectivity index (χ3n) is 10.1. The average Bonchev–Trinajstić information content (AvgIpc) is 3.39. The van der Waals surface area contributed by atoms with E-state index in [9.17, 15) is 19.5 Å². The van der Waals surface area contributed by atoms with Crippen LogP contribution in [0.15, 0.2) is 176 Å². The molecule has 1 heterocycles. The van der Waals surface area contributed by atoms with Gasteiger partial charge in [0.2, 0.25) is 0 Å². The fourth-order valence-corrected chi connectivity index (χ4v) is 6.74. The molecule has 4 atom stereocenters. The van der Waals surface area contributed by atoms with Gasteiger partial charge in [0.1, 0.15) is 30.2 Å². The second-order valence-electron chi connectivity index (χ2n) is 14.5. The van der Waals surface area contributed by atoms with Gasteiger partial charge in [-0.25, -0.2) is 9.69 Å². The van der Waals surface area contributed by atoms with E-state index < -0.39 is 47.9 Å². The number of ether oxygens (including phenoxy) is 3. The molecule has 0 spiro atoms. The number of rotatable bonds is 11. The van der Waals surface area contributed by atoms with Gasteiger partial charge in [-0.2, -0.15) is 0 Å². The van der Waals surface area contributed by atoms with Gasteiger partial charge in [-0.1, -0.05) is 155 Å². The molecule has 11 heteroatoms. The van der Waals surface area contributed by atoms with Gasteiger partial charge in [0.05, 0.1) is 31.4 Å². The number of aliphatic carboxylic acids is 1. The lowest BCUT2D eigenvalue weighted by molar-refractivity contribution is -0.169. The summed E-state index contributed by atoms with van der Waals surface area (Å²) in [4.78, 5) is 57.3. The second-order valence-corrected chi connectivity index (χ2v) is 14.5. The normalized spacial score (nSPS) is 13.7. The van der Waals surface area contributed by atoms with Crippen LogP contribution in [0, 0.1) is 17.8 Å². The summed E-state index contributed by atoms with van der Waals surface area (Å²) < 4.78 is 16.1. The van der Waals surface area contributed by atoms with Crippen LogP contribution in [0.1, 0.15) is 82.8 Å².